The smallest absolute Gasteiger partial charge is 0.158 e. The molecule has 22 heavy (non-hydrogen) atoms. The summed E-state index contributed by atoms with van der Waals surface area (Å²) in [5.74, 6) is 1.55. The molecule has 0 bridgehead atoms. The van der Waals surface area contributed by atoms with Crippen LogP contribution in [-0.2, 0) is 9.59 Å². The Morgan fingerprint density at radius 2 is 1.95 bits per heavy atom. The summed E-state index contributed by atoms with van der Waals surface area (Å²) < 4.78 is 0. The molecule has 0 aromatic rings. The van der Waals surface area contributed by atoms with Gasteiger partial charge in [-0.1, -0.05) is 26.0 Å². The lowest BCUT2D eigenvalue weighted by Gasteiger charge is -2.55. The number of Topliss-reactive ketones (excluding diaryl/α,β-unsaturated/α-hetero) is 1. The van der Waals surface area contributed by atoms with Crippen molar-refractivity contribution in [2.24, 2.45) is 28.6 Å². The molecule has 3 heteroatoms. The quantitative estimate of drug-likeness (QED) is 0.748. The maximum atomic E-state index is 12.3. The summed E-state index contributed by atoms with van der Waals surface area (Å²) in [6.45, 7) is 4.27. The first kappa shape index (κ1) is 14.4. The number of fused-ring (bicyclic) bond motifs is 5. The molecule has 0 aromatic heterocycles. The van der Waals surface area contributed by atoms with E-state index in [9.17, 15) is 14.7 Å². The molecule has 4 aliphatic carbocycles. The van der Waals surface area contributed by atoms with E-state index < -0.39 is 6.10 Å². The number of allylic oxidation sites excluding steroid dienone is 3. The van der Waals surface area contributed by atoms with Crippen molar-refractivity contribution in [3.05, 3.63) is 23.8 Å². The predicted molar refractivity (Wildman–Crippen MR) is 83.0 cm³/mol. The SMILES string of the molecule is C[C@@]12C(=CC(=O)C[C@@H]1O)C=C[C@@H]1[C@@H]2CC[C@]2(C)C(=O)CC[C@@H]12. The molecular formula is C19H24O3. The standard InChI is InChI=1S/C19H24O3/c1-18-8-7-15-13(14(18)5-6-16(18)21)4-3-11-9-12(20)10-17(22)19(11,15)2/h3-4,9,13-15,17,22H,5-8,10H2,1-2H3/t13-,14-,15-,17-,18-,19-/m0/s1. The molecule has 0 aromatic carbocycles. The minimum absolute atomic E-state index is 0.0276. The molecule has 2 fully saturated rings. The van der Waals surface area contributed by atoms with Crippen molar-refractivity contribution in [3.8, 4) is 0 Å². The zero-order valence-electron chi connectivity index (χ0n) is 13.3. The predicted octanol–water partition coefficient (Wildman–Crippen LogP) is 2.83. The molecule has 0 heterocycles. The Morgan fingerprint density at radius 3 is 2.73 bits per heavy atom. The van der Waals surface area contributed by atoms with E-state index >= 15 is 0 Å². The van der Waals surface area contributed by atoms with Crippen LogP contribution in [0.25, 0.3) is 0 Å². The molecule has 0 radical (unpaired) electrons. The second-order valence-corrected chi connectivity index (χ2v) is 8.14. The Labute approximate surface area is 131 Å². The average molecular weight is 300 g/mol. The van der Waals surface area contributed by atoms with Crippen LogP contribution in [0.4, 0.5) is 0 Å². The zero-order chi connectivity index (χ0) is 15.7. The molecule has 0 spiro atoms. The summed E-state index contributed by atoms with van der Waals surface area (Å²) in [6, 6.07) is 0. The van der Waals surface area contributed by atoms with E-state index in [1.54, 1.807) is 6.08 Å². The molecule has 2 saturated carbocycles. The Morgan fingerprint density at radius 1 is 1.18 bits per heavy atom. The van der Waals surface area contributed by atoms with Gasteiger partial charge in [-0.25, -0.2) is 0 Å². The highest BCUT2D eigenvalue weighted by molar-refractivity contribution is 5.93. The van der Waals surface area contributed by atoms with E-state index in [4.69, 9.17) is 0 Å². The number of carbonyl (C=O) groups is 2. The Bertz CT molecular complexity index is 616. The molecule has 3 nitrogen and oxygen atoms in total. The number of ketones is 2. The third kappa shape index (κ3) is 1.61. The van der Waals surface area contributed by atoms with Gasteiger partial charge in [-0.15, -0.1) is 0 Å². The highest BCUT2D eigenvalue weighted by atomic mass is 16.3. The van der Waals surface area contributed by atoms with Crippen molar-refractivity contribution in [1.82, 2.24) is 0 Å². The van der Waals surface area contributed by atoms with E-state index in [1.807, 2.05) is 0 Å². The minimum atomic E-state index is -0.598. The first-order valence-corrected chi connectivity index (χ1v) is 8.52. The Kier molecular flexibility index (Phi) is 2.88. The Balaban J connectivity index is 1.79. The van der Waals surface area contributed by atoms with Crippen LogP contribution < -0.4 is 0 Å². The molecule has 4 rings (SSSR count). The van der Waals surface area contributed by atoms with Crippen molar-refractivity contribution in [1.29, 1.82) is 0 Å². The second kappa shape index (κ2) is 4.41. The number of carbonyl (C=O) groups excluding carboxylic acids is 2. The molecule has 0 saturated heterocycles. The van der Waals surface area contributed by atoms with Gasteiger partial charge in [0.25, 0.3) is 0 Å². The Hall–Kier alpha value is -1.22. The topological polar surface area (TPSA) is 54.4 Å². The van der Waals surface area contributed by atoms with Crippen LogP contribution in [0, 0.1) is 28.6 Å². The molecule has 4 aliphatic rings. The average Bonchev–Trinajstić information content (AvgIpc) is 2.77. The largest absolute Gasteiger partial charge is 0.392 e. The molecule has 0 aliphatic heterocycles. The highest BCUT2D eigenvalue weighted by Gasteiger charge is 2.59. The summed E-state index contributed by atoms with van der Waals surface area (Å²) in [5.41, 5.74) is 0.490. The fourth-order valence-corrected chi connectivity index (χ4v) is 5.82. The summed E-state index contributed by atoms with van der Waals surface area (Å²) >= 11 is 0. The lowest BCUT2D eigenvalue weighted by atomic mass is 9.49. The van der Waals surface area contributed by atoms with Crippen LogP contribution in [0.15, 0.2) is 23.8 Å². The number of rotatable bonds is 0. The fraction of sp³-hybridized carbons (Fsp3) is 0.684. The summed E-state index contributed by atoms with van der Waals surface area (Å²) in [6.07, 6.45) is 9.22. The molecular weight excluding hydrogens is 276 g/mol. The fourth-order valence-electron chi connectivity index (χ4n) is 5.82. The van der Waals surface area contributed by atoms with Crippen LogP contribution in [0.5, 0.6) is 0 Å². The maximum Gasteiger partial charge on any atom is 0.158 e. The van der Waals surface area contributed by atoms with E-state index in [0.29, 0.717) is 30.0 Å². The molecule has 1 N–H and O–H groups in total. The van der Waals surface area contributed by atoms with Crippen molar-refractivity contribution >= 4 is 11.6 Å². The van der Waals surface area contributed by atoms with Gasteiger partial charge in [0.2, 0.25) is 0 Å². The number of aliphatic hydroxyl groups excluding tert-OH is 1. The van der Waals surface area contributed by atoms with Gasteiger partial charge in [-0.05, 0) is 48.7 Å². The second-order valence-electron chi connectivity index (χ2n) is 8.14. The van der Waals surface area contributed by atoms with E-state index in [-0.39, 0.29) is 23.0 Å². The van der Waals surface area contributed by atoms with Crippen LogP contribution in [0.1, 0.15) is 46.0 Å². The van der Waals surface area contributed by atoms with Gasteiger partial charge in [0.05, 0.1) is 6.10 Å². The molecule has 6 atom stereocenters. The normalized spacial score (nSPS) is 50.2. The van der Waals surface area contributed by atoms with Crippen molar-refractivity contribution in [2.45, 2.75) is 52.1 Å². The molecule has 118 valence electrons. The van der Waals surface area contributed by atoms with Crippen LogP contribution in [-0.4, -0.2) is 22.8 Å². The van der Waals surface area contributed by atoms with Crippen molar-refractivity contribution in [2.75, 3.05) is 0 Å². The van der Waals surface area contributed by atoms with Gasteiger partial charge in [0.15, 0.2) is 5.78 Å². The first-order valence-electron chi connectivity index (χ1n) is 8.52. The molecule has 0 amide bonds. The van der Waals surface area contributed by atoms with Crippen LogP contribution >= 0.6 is 0 Å². The summed E-state index contributed by atoms with van der Waals surface area (Å²) in [4.78, 5) is 24.1. The van der Waals surface area contributed by atoms with Gasteiger partial charge >= 0.3 is 0 Å². The monoisotopic (exact) mass is 300 g/mol. The van der Waals surface area contributed by atoms with Crippen LogP contribution in [0.2, 0.25) is 0 Å². The number of aliphatic hydroxyl groups is 1. The lowest BCUT2D eigenvalue weighted by molar-refractivity contribution is -0.132. The third-order valence-electron chi connectivity index (χ3n) is 7.34. The van der Waals surface area contributed by atoms with E-state index in [1.165, 1.54) is 0 Å². The van der Waals surface area contributed by atoms with E-state index in [0.717, 1.165) is 24.8 Å². The highest BCUT2D eigenvalue weighted by Crippen LogP contribution is 2.62. The van der Waals surface area contributed by atoms with Gasteiger partial charge in [0.1, 0.15) is 5.78 Å². The van der Waals surface area contributed by atoms with Gasteiger partial charge < -0.3 is 5.11 Å². The van der Waals surface area contributed by atoms with Gasteiger partial charge in [0, 0.05) is 23.7 Å². The molecule has 0 unspecified atom stereocenters. The maximum absolute atomic E-state index is 12.3. The minimum Gasteiger partial charge on any atom is -0.392 e. The van der Waals surface area contributed by atoms with Crippen LogP contribution in [0.3, 0.4) is 0 Å². The van der Waals surface area contributed by atoms with Gasteiger partial charge in [-0.3, -0.25) is 9.59 Å². The van der Waals surface area contributed by atoms with Crippen molar-refractivity contribution in [3.63, 3.8) is 0 Å². The lowest BCUT2D eigenvalue weighted by Crippen LogP contribution is -2.53. The number of hydrogen-bond donors (Lipinski definition) is 1. The zero-order valence-corrected chi connectivity index (χ0v) is 13.3. The number of hydrogen-bond acceptors (Lipinski definition) is 3. The van der Waals surface area contributed by atoms with Gasteiger partial charge in [-0.2, -0.15) is 0 Å². The summed E-state index contributed by atoms with van der Waals surface area (Å²) in [5, 5.41) is 10.7. The van der Waals surface area contributed by atoms with E-state index in [2.05, 4.69) is 26.0 Å². The first-order chi connectivity index (χ1) is 10.4. The third-order valence-corrected chi connectivity index (χ3v) is 7.34. The summed E-state index contributed by atoms with van der Waals surface area (Å²) in [7, 11) is 0. The van der Waals surface area contributed by atoms with Crippen molar-refractivity contribution < 1.29 is 14.7 Å².